The van der Waals surface area contributed by atoms with Crippen LogP contribution in [0.3, 0.4) is 0 Å². The highest BCUT2D eigenvalue weighted by Gasteiger charge is 2.36. The van der Waals surface area contributed by atoms with E-state index < -0.39 is 5.97 Å². The van der Waals surface area contributed by atoms with Gasteiger partial charge in [-0.25, -0.2) is 0 Å². The molecule has 1 atom stereocenters. The second-order valence-electron chi connectivity index (χ2n) is 5.83. The third-order valence-corrected chi connectivity index (χ3v) is 4.45. The van der Waals surface area contributed by atoms with E-state index >= 15 is 0 Å². The number of anilines is 1. The van der Waals surface area contributed by atoms with Gasteiger partial charge in [0.1, 0.15) is 0 Å². The van der Waals surface area contributed by atoms with Gasteiger partial charge >= 0.3 is 5.97 Å². The molecule has 0 bridgehead atoms. The van der Waals surface area contributed by atoms with E-state index in [9.17, 15) is 9.59 Å². The standard InChI is InChI=1S/C16H20N2O3/c19-15(20)9-12-10-18(14-4-2-1-3-13(12)14)16(21)11-5-7-17-8-6-11/h1-4,11-12,17H,5-10H2,(H,19,20). The van der Waals surface area contributed by atoms with E-state index in [-0.39, 0.29) is 24.2 Å². The van der Waals surface area contributed by atoms with Crippen LogP contribution in [0.25, 0.3) is 0 Å². The molecule has 2 aliphatic rings. The third-order valence-electron chi connectivity index (χ3n) is 4.45. The van der Waals surface area contributed by atoms with Gasteiger partial charge < -0.3 is 15.3 Å². The number of carboxylic acid groups (broad SMARTS) is 1. The van der Waals surface area contributed by atoms with Crippen LogP contribution in [-0.4, -0.2) is 36.6 Å². The summed E-state index contributed by atoms with van der Waals surface area (Å²) in [5, 5.41) is 12.3. The Labute approximate surface area is 123 Å². The molecule has 21 heavy (non-hydrogen) atoms. The van der Waals surface area contributed by atoms with E-state index in [1.807, 2.05) is 24.3 Å². The van der Waals surface area contributed by atoms with E-state index in [1.54, 1.807) is 4.90 Å². The summed E-state index contributed by atoms with van der Waals surface area (Å²) in [6.07, 6.45) is 1.80. The lowest BCUT2D eigenvalue weighted by molar-refractivity contribution is -0.137. The monoisotopic (exact) mass is 288 g/mol. The van der Waals surface area contributed by atoms with Gasteiger partial charge in [0.2, 0.25) is 5.91 Å². The molecule has 0 radical (unpaired) electrons. The molecule has 0 spiro atoms. The zero-order chi connectivity index (χ0) is 14.8. The van der Waals surface area contributed by atoms with Gasteiger partial charge in [0, 0.05) is 24.1 Å². The second kappa shape index (κ2) is 5.85. The Hall–Kier alpha value is -1.88. The molecular weight excluding hydrogens is 268 g/mol. The normalized spacial score (nSPS) is 22.1. The van der Waals surface area contributed by atoms with E-state index in [0.29, 0.717) is 6.54 Å². The van der Waals surface area contributed by atoms with Crippen LogP contribution in [0.4, 0.5) is 5.69 Å². The molecule has 1 amide bonds. The Morgan fingerprint density at radius 3 is 2.67 bits per heavy atom. The van der Waals surface area contributed by atoms with Crippen LogP contribution in [0.5, 0.6) is 0 Å². The average molecular weight is 288 g/mol. The van der Waals surface area contributed by atoms with Crippen LogP contribution in [-0.2, 0) is 9.59 Å². The Bertz CT molecular complexity index is 552. The van der Waals surface area contributed by atoms with Gasteiger partial charge in [-0.2, -0.15) is 0 Å². The lowest BCUT2D eigenvalue weighted by Crippen LogP contribution is -2.40. The predicted octanol–water partition coefficient (Wildman–Crippen LogP) is 1.59. The number of amides is 1. The van der Waals surface area contributed by atoms with Crippen LogP contribution < -0.4 is 10.2 Å². The molecule has 2 N–H and O–H groups in total. The first kappa shape index (κ1) is 14.1. The van der Waals surface area contributed by atoms with Crippen LogP contribution >= 0.6 is 0 Å². The predicted molar refractivity (Wildman–Crippen MR) is 79.4 cm³/mol. The molecule has 0 aromatic heterocycles. The fourth-order valence-corrected chi connectivity index (χ4v) is 3.38. The zero-order valence-corrected chi connectivity index (χ0v) is 11.9. The number of aliphatic carboxylic acids is 1. The van der Waals surface area contributed by atoms with Gasteiger partial charge in [-0.15, -0.1) is 0 Å². The van der Waals surface area contributed by atoms with Crippen molar-refractivity contribution in [3.63, 3.8) is 0 Å². The van der Waals surface area contributed by atoms with Gasteiger partial charge in [-0.1, -0.05) is 18.2 Å². The van der Waals surface area contributed by atoms with Crippen LogP contribution in [0, 0.1) is 5.92 Å². The Morgan fingerprint density at radius 1 is 1.24 bits per heavy atom. The van der Waals surface area contributed by atoms with Crippen molar-refractivity contribution < 1.29 is 14.7 Å². The number of fused-ring (bicyclic) bond motifs is 1. The van der Waals surface area contributed by atoms with Crippen molar-refractivity contribution >= 4 is 17.6 Å². The minimum atomic E-state index is -0.814. The highest BCUT2D eigenvalue weighted by Crippen LogP contribution is 2.39. The molecule has 1 aromatic carbocycles. The number of hydrogen-bond donors (Lipinski definition) is 2. The molecule has 1 saturated heterocycles. The number of benzene rings is 1. The Kier molecular flexibility index (Phi) is 3.92. The van der Waals surface area contributed by atoms with Crippen LogP contribution in [0.2, 0.25) is 0 Å². The molecule has 2 aliphatic heterocycles. The number of carbonyl (C=O) groups excluding carboxylic acids is 1. The molecule has 2 heterocycles. The zero-order valence-electron chi connectivity index (χ0n) is 11.9. The summed E-state index contributed by atoms with van der Waals surface area (Å²) in [7, 11) is 0. The number of hydrogen-bond acceptors (Lipinski definition) is 3. The van der Waals surface area contributed by atoms with Crippen molar-refractivity contribution in [3.8, 4) is 0 Å². The number of carboxylic acids is 1. The molecule has 1 fully saturated rings. The van der Waals surface area contributed by atoms with Gasteiger partial charge in [-0.3, -0.25) is 9.59 Å². The highest BCUT2D eigenvalue weighted by molar-refractivity contribution is 5.97. The molecule has 5 nitrogen and oxygen atoms in total. The molecule has 0 saturated carbocycles. The SMILES string of the molecule is O=C(O)CC1CN(C(=O)C2CCNCC2)c2ccccc21. The summed E-state index contributed by atoms with van der Waals surface area (Å²) < 4.78 is 0. The number of rotatable bonds is 3. The van der Waals surface area contributed by atoms with E-state index in [0.717, 1.165) is 37.2 Å². The number of nitrogens with zero attached hydrogens (tertiary/aromatic N) is 1. The maximum atomic E-state index is 12.7. The van der Waals surface area contributed by atoms with Gasteiger partial charge in [0.15, 0.2) is 0 Å². The van der Waals surface area contributed by atoms with Crippen molar-refractivity contribution in [2.45, 2.75) is 25.2 Å². The molecule has 3 rings (SSSR count). The fourth-order valence-electron chi connectivity index (χ4n) is 3.38. The number of piperidine rings is 1. The topological polar surface area (TPSA) is 69.6 Å². The summed E-state index contributed by atoms with van der Waals surface area (Å²) in [6.45, 7) is 2.25. The quantitative estimate of drug-likeness (QED) is 0.886. The smallest absolute Gasteiger partial charge is 0.304 e. The summed E-state index contributed by atoms with van der Waals surface area (Å²) in [5.74, 6) is -0.699. The Morgan fingerprint density at radius 2 is 1.95 bits per heavy atom. The van der Waals surface area contributed by atoms with Crippen LogP contribution in [0.15, 0.2) is 24.3 Å². The number of carbonyl (C=O) groups is 2. The largest absolute Gasteiger partial charge is 0.481 e. The van der Waals surface area contributed by atoms with Crippen LogP contribution in [0.1, 0.15) is 30.7 Å². The molecule has 112 valence electrons. The van der Waals surface area contributed by atoms with Gasteiger partial charge in [0.25, 0.3) is 0 Å². The fraction of sp³-hybridized carbons (Fsp3) is 0.500. The van der Waals surface area contributed by atoms with Crippen molar-refractivity contribution in [2.24, 2.45) is 5.92 Å². The molecule has 0 aliphatic carbocycles. The lowest BCUT2D eigenvalue weighted by Gasteiger charge is -2.27. The summed E-state index contributed by atoms with van der Waals surface area (Å²) in [5.41, 5.74) is 1.88. The molecule has 5 heteroatoms. The summed E-state index contributed by atoms with van der Waals surface area (Å²) >= 11 is 0. The molecular formula is C16H20N2O3. The highest BCUT2D eigenvalue weighted by atomic mass is 16.4. The van der Waals surface area contributed by atoms with E-state index in [1.165, 1.54) is 0 Å². The summed E-state index contributed by atoms with van der Waals surface area (Å²) in [6, 6.07) is 7.69. The summed E-state index contributed by atoms with van der Waals surface area (Å²) in [4.78, 5) is 25.6. The number of nitrogens with one attached hydrogen (secondary N) is 1. The maximum absolute atomic E-state index is 12.7. The first-order chi connectivity index (χ1) is 10.2. The first-order valence-electron chi connectivity index (χ1n) is 7.49. The molecule has 1 unspecified atom stereocenters. The third kappa shape index (κ3) is 2.78. The van der Waals surface area contributed by atoms with Crippen molar-refractivity contribution in [3.05, 3.63) is 29.8 Å². The lowest BCUT2D eigenvalue weighted by atomic mass is 9.96. The van der Waals surface area contributed by atoms with Crippen molar-refractivity contribution in [1.29, 1.82) is 0 Å². The van der Waals surface area contributed by atoms with Crippen molar-refractivity contribution in [1.82, 2.24) is 5.32 Å². The van der Waals surface area contributed by atoms with Gasteiger partial charge in [-0.05, 0) is 37.6 Å². The maximum Gasteiger partial charge on any atom is 0.304 e. The Balaban J connectivity index is 1.83. The van der Waals surface area contributed by atoms with E-state index in [4.69, 9.17) is 5.11 Å². The minimum absolute atomic E-state index is 0.0582. The van der Waals surface area contributed by atoms with Crippen molar-refractivity contribution in [2.75, 3.05) is 24.5 Å². The average Bonchev–Trinajstić information content (AvgIpc) is 2.86. The minimum Gasteiger partial charge on any atom is -0.481 e. The first-order valence-corrected chi connectivity index (χ1v) is 7.49. The van der Waals surface area contributed by atoms with Gasteiger partial charge in [0.05, 0.1) is 6.42 Å². The second-order valence-corrected chi connectivity index (χ2v) is 5.83. The number of para-hydroxylation sites is 1. The van der Waals surface area contributed by atoms with E-state index in [2.05, 4.69) is 5.32 Å². The molecule has 1 aromatic rings.